The van der Waals surface area contributed by atoms with Crippen molar-refractivity contribution in [3.8, 4) is 0 Å². The average molecular weight is 255 g/mol. The zero-order valence-corrected chi connectivity index (χ0v) is 10.1. The highest BCUT2D eigenvalue weighted by molar-refractivity contribution is 7.83. The van der Waals surface area contributed by atoms with Gasteiger partial charge in [-0.05, 0) is 12.1 Å². The Bertz CT molecular complexity index is 514. The normalized spacial score (nSPS) is 10.4. The van der Waals surface area contributed by atoms with E-state index in [2.05, 4.69) is 45.3 Å². The molecule has 0 aliphatic heterocycles. The molecule has 84 valence electrons. The highest BCUT2D eigenvalue weighted by atomic mass is 32.1. The van der Waals surface area contributed by atoms with Crippen LogP contribution in [-0.2, 0) is 4.74 Å². The number of methoxy groups -OCH3 is 1. The van der Waals surface area contributed by atoms with Crippen molar-refractivity contribution in [1.82, 2.24) is 9.97 Å². The van der Waals surface area contributed by atoms with Crippen molar-refractivity contribution in [2.45, 2.75) is 9.79 Å². The number of H-pyrrole nitrogens is 1. The minimum Gasteiger partial charge on any atom is -0.453 e. The molecule has 0 aliphatic rings. The van der Waals surface area contributed by atoms with Crippen LogP contribution in [0.4, 0.5) is 10.7 Å². The lowest BCUT2D eigenvalue weighted by molar-refractivity contribution is 0.186. The number of imidazole rings is 1. The van der Waals surface area contributed by atoms with Gasteiger partial charge in [0, 0.05) is 9.79 Å². The minimum absolute atomic E-state index is 0.327. The standard InChI is InChI=1S/C9H9N3O2S2/c1-14-9(13)12-8-10-4-2-6(15)7(16)3-5(4)11-8/h2-3,15-16H,1H3,(H2,10,11,12,13). The van der Waals surface area contributed by atoms with Crippen molar-refractivity contribution in [2.24, 2.45) is 0 Å². The van der Waals surface area contributed by atoms with Crippen LogP contribution in [0.15, 0.2) is 21.9 Å². The summed E-state index contributed by atoms with van der Waals surface area (Å²) >= 11 is 8.46. The van der Waals surface area contributed by atoms with E-state index in [0.717, 1.165) is 15.3 Å². The predicted molar refractivity (Wildman–Crippen MR) is 66.6 cm³/mol. The Kier molecular flexibility index (Phi) is 2.97. The molecule has 2 rings (SSSR count). The number of nitrogens with zero attached hydrogens (tertiary/aromatic N) is 1. The quantitative estimate of drug-likeness (QED) is 0.591. The average Bonchev–Trinajstić information content (AvgIpc) is 2.60. The summed E-state index contributed by atoms with van der Waals surface area (Å²) in [6.45, 7) is 0. The fourth-order valence-corrected chi connectivity index (χ4v) is 1.62. The second-order valence-corrected chi connectivity index (χ2v) is 4.02. The van der Waals surface area contributed by atoms with E-state index in [0.29, 0.717) is 11.5 Å². The summed E-state index contributed by atoms with van der Waals surface area (Å²) in [5.74, 6) is 0.327. The van der Waals surface area contributed by atoms with E-state index >= 15 is 0 Å². The number of hydrogen-bond acceptors (Lipinski definition) is 5. The highest BCUT2D eigenvalue weighted by Gasteiger charge is 2.07. The van der Waals surface area contributed by atoms with Gasteiger partial charge in [-0.1, -0.05) is 0 Å². The number of nitrogens with one attached hydrogen (secondary N) is 2. The van der Waals surface area contributed by atoms with Crippen LogP contribution in [0.3, 0.4) is 0 Å². The third kappa shape index (κ3) is 2.10. The summed E-state index contributed by atoms with van der Waals surface area (Å²) in [6, 6.07) is 3.55. The van der Waals surface area contributed by atoms with Gasteiger partial charge in [0.2, 0.25) is 5.95 Å². The van der Waals surface area contributed by atoms with Crippen molar-refractivity contribution >= 4 is 48.3 Å². The monoisotopic (exact) mass is 255 g/mol. The van der Waals surface area contributed by atoms with Crippen LogP contribution in [0.5, 0.6) is 0 Å². The Balaban J connectivity index is 2.40. The third-order valence-electron chi connectivity index (χ3n) is 1.98. The number of thiol groups is 2. The van der Waals surface area contributed by atoms with E-state index in [-0.39, 0.29) is 0 Å². The van der Waals surface area contributed by atoms with Gasteiger partial charge in [-0.15, -0.1) is 25.3 Å². The van der Waals surface area contributed by atoms with Crippen molar-refractivity contribution in [1.29, 1.82) is 0 Å². The van der Waals surface area contributed by atoms with Crippen molar-refractivity contribution < 1.29 is 9.53 Å². The lowest BCUT2D eigenvalue weighted by Crippen LogP contribution is -2.11. The molecular weight excluding hydrogens is 246 g/mol. The van der Waals surface area contributed by atoms with Gasteiger partial charge in [0.25, 0.3) is 0 Å². The number of aromatic amines is 1. The lowest BCUT2D eigenvalue weighted by atomic mass is 10.3. The second-order valence-electron chi connectivity index (χ2n) is 3.06. The van der Waals surface area contributed by atoms with E-state index in [1.54, 1.807) is 12.1 Å². The molecule has 0 spiro atoms. The second kappa shape index (κ2) is 4.26. The van der Waals surface area contributed by atoms with Crippen LogP contribution in [0.1, 0.15) is 0 Å². The molecule has 1 heterocycles. The fourth-order valence-electron chi connectivity index (χ4n) is 1.24. The van der Waals surface area contributed by atoms with Crippen LogP contribution < -0.4 is 5.32 Å². The van der Waals surface area contributed by atoms with E-state index in [4.69, 9.17) is 0 Å². The summed E-state index contributed by atoms with van der Waals surface area (Å²) in [5.41, 5.74) is 1.48. The maximum Gasteiger partial charge on any atom is 0.413 e. The number of carbonyl (C=O) groups is 1. The summed E-state index contributed by atoms with van der Waals surface area (Å²) in [5, 5.41) is 2.44. The van der Waals surface area contributed by atoms with Gasteiger partial charge < -0.3 is 9.72 Å². The van der Waals surface area contributed by atoms with Crippen LogP contribution in [0.2, 0.25) is 0 Å². The largest absolute Gasteiger partial charge is 0.453 e. The molecule has 0 fully saturated rings. The third-order valence-corrected chi connectivity index (χ3v) is 2.90. The lowest BCUT2D eigenvalue weighted by Gasteiger charge is -1.97. The van der Waals surface area contributed by atoms with Gasteiger partial charge >= 0.3 is 6.09 Å². The molecule has 1 aromatic carbocycles. The number of hydrogen-bond donors (Lipinski definition) is 4. The van der Waals surface area contributed by atoms with Crippen LogP contribution >= 0.6 is 25.3 Å². The molecule has 16 heavy (non-hydrogen) atoms. The van der Waals surface area contributed by atoms with Crippen molar-refractivity contribution in [3.63, 3.8) is 0 Å². The number of aromatic nitrogens is 2. The number of benzene rings is 1. The summed E-state index contributed by atoms with van der Waals surface area (Å²) in [6.07, 6.45) is -0.573. The van der Waals surface area contributed by atoms with E-state index < -0.39 is 6.09 Å². The molecule has 0 saturated heterocycles. The van der Waals surface area contributed by atoms with Crippen LogP contribution in [-0.4, -0.2) is 23.2 Å². The first-order chi connectivity index (χ1) is 7.60. The first kappa shape index (κ1) is 11.2. The van der Waals surface area contributed by atoms with E-state index in [1.165, 1.54) is 7.11 Å². The molecule has 7 heteroatoms. The maximum absolute atomic E-state index is 11.0. The van der Waals surface area contributed by atoms with Gasteiger partial charge in [-0.3, -0.25) is 5.32 Å². The summed E-state index contributed by atoms with van der Waals surface area (Å²) < 4.78 is 4.46. The number of anilines is 1. The number of rotatable bonds is 1. The van der Waals surface area contributed by atoms with Gasteiger partial charge in [0.1, 0.15) is 0 Å². The predicted octanol–water partition coefficient (Wildman–Crippen LogP) is 2.32. The Morgan fingerprint density at radius 2 is 2.12 bits per heavy atom. The molecule has 0 unspecified atom stereocenters. The first-order valence-corrected chi connectivity index (χ1v) is 5.26. The maximum atomic E-state index is 11.0. The van der Waals surface area contributed by atoms with Gasteiger partial charge in [-0.25, -0.2) is 9.78 Å². The highest BCUT2D eigenvalue weighted by Crippen LogP contribution is 2.24. The molecule has 2 N–H and O–H groups in total. The number of ether oxygens (including phenoxy) is 1. The Morgan fingerprint density at radius 3 is 2.81 bits per heavy atom. The Hall–Kier alpha value is -1.34. The molecule has 0 atom stereocenters. The fraction of sp³-hybridized carbons (Fsp3) is 0.111. The molecule has 1 amide bonds. The topological polar surface area (TPSA) is 67.0 Å². The van der Waals surface area contributed by atoms with E-state index in [1.807, 2.05) is 0 Å². The zero-order valence-electron chi connectivity index (χ0n) is 8.31. The summed E-state index contributed by atoms with van der Waals surface area (Å²) in [7, 11) is 1.29. The molecule has 0 radical (unpaired) electrons. The minimum atomic E-state index is -0.573. The van der Waals surface area contributed by atoms with Crippen LogP contribution in [0.25, 0.3) is 11.0 Å². The number of carbonyl (C=O) groups excluding carboxylic acids is 1. The van der Waals surface area contributed by atoms with Crippen LogP contribution in [0, 0.1) is 0 Å². The van der Waals surface area contributed by atoms with Crippen molar-refractivity contribution in [3.05, 3.63) is 12.1 Å². The Labute approximate surface area is 102 Å². The van der Waals surface area contributed by atoms with Gasteiger partial charge in [0.05, 0.1) is 18.1 Å². The molecule has 0 aliphatic carbocycles. The van der Waals surface area contributed by atoms with Gasteiger partial charge in [0.15, 0.2) is 0 Å². The first-order valence-electron chi connectivity index (χ1n) is 4.37. The number of amides is 1. The molecule has 2 aromatic rings. The zero-order chi connectivity index (χ0) is 11.7. The molecule has 1 aromatic heterocycles. The van der Waals surface area contributed by atoms with Gasteiger partial charge in [-0.2, -0.15) is 0 Å². The van der Waals surface area contributed by atoms with Crippen molar-refractivity contribution in [2.75, 3.05) is 12.4 Å². The molecule has 0 bridgehead atoms. The SMILES string of the molecule is COC(=O)Nc1nc2cc(S)c(S)cc2[nH]1. The Morgan fingerprint density at radius 1 is 1.44 bits per heavy atom. The molecule has 0 saturated carbocycles. The molecular formula is C9H9N3O2S2. The van der Waals surface area contributed by atoms with E-state index in [9.17, 15) is 4.79 Å². The number of fused-ring (bicyclic) bond motifs is 1. The smallest absolute Gasteiger partial charge is 0.413 e. The summed E-state index contributed by atoms with van der Waals surface area (Å²) in [4.78, 5) is 19.5. The molecule has 5 nitrogen and oxygen atoms in total.